The molecule has 2 saturated carbocycles. The molecule has 4 heterocycles. The summed E-state index contributed by atoms with van der Waals surface area (Å²) in [4.78, 5) is 69.6. The van der Waals surface area contributed by atoms with Crippen molar-refractivity contribution in [2.45, 2.75) is 78.1 Å². The van der Waals surface area contributed by atoms with Crippen molar-refractivity contribution in [1.82, 2.24) is 19.9 Å². The molecule has 4 fully saturated rings. The van der Waals surface area contributed by atoms with Gasteiger partial charge in [0.15, 0.2) is 0 Å². The van der Waals surface area contributed by atoms with E-state index in [-0.39, 0.29) is 46.4 Å². The average molecular weight is 675 g/mol. The van der Waals surface area contributed by atoms with Crippen molar-refractivity contribution < 1.29 is 23.6 Å². The third-order valence-corrected chi connectivity index (χ3v) is 11.0. The van der Waals surface area contributed by atoms with Crippen LogP contribution in [0.25, 0.3) is 11.3 Å². The molecule has 12 heteroatoms. The number of anilines is 2. The highest BCUT2D eigenvalue weighted by Gasteiger charge is 2.51. The van der Waals surface area contributed by atoms with Gasteiger partial charge >= 0.3 is 0 Å². The predicted molar refractivity (Wildman–Crippen MR) is 179 cm³/mol. The third kappa shape index (κ3) is 6.74. The average Bonchev–Trinajstić information content (AvgIpc) is 3.56. The van der Waals surface area contributed by atoms with Crippen LogP contribution in [-0.2, 0) is 19.2 Å². The summed E-state index contributed by atoms with van der Waals surface area (Å²) >= 11 is 5.88. The van der Waals surface area contributed by atoms with Gasteiger partial charge in [0.25, 0.3) is 0 Å². The number of Topliss-reactive ketones (excluding diaryl/α,β-unsaturated/α-hetero) is 2. The minimum absolute atomic E-state index is 0.0113. The van der Waals surface area contributed by atoms with Crippen molar-refractivity contribution in [3.05, 3.63) is 60.0 Å². The lowest BCUT2D eigenvalue weighted by atomic mass is 9.68. The summed E-state index contributed by atoms with van der Waals surface area (Å²) < 4.78 is 13.2. The van der Waals surface area contributed by atoms with Crippen LogP contribution >= 0.6 is 11.6 Å². The number of hydrogen-bond donors (Lipinski definition) is 0. The van der Waals surface area contributed by atoms with Crippen LogP contribution < -0.4 is 9.80 Å². The zero-order valence-corrected chi connectivity index (χ0v) is 28.1. The van der Waals surface area contributed by atoms with E-state index in [0.29, 0.717) is 48.4 Å². The number of benzene rings is 1. The molecule has 2 aliphatic carbocycles. The van der Waals surface area contributed by atoms with Crippen LogP contribution in [0.3, 0.4) is 0 Å². The first-order chi connectivity index (χ1) is 23.0. The van der Waals surface area contributed by atoms with Crippen LogP contribution in [0.1, 0.15) is 78.1 Å². The van der Waals surface area contributed by atoms with E-state index in [1.54, 1.807) is 47.9 Å². The largest absolute Gasteiger partial charge is 0.300 e. The lowest BCUT2D eigenvalue weighted by Gasteiger charge is -2.35. The number of nitrogens with zero attached hydrogens (tertiary/aromatic N) is 6. The Bertz CT molecular complexity index is 1720. The number of halogens is 2. The highest BCUT2D eigenvalue weighted by Crippen LogP contribution is 2.49. The van der Waals surface area contributed by atoms with Gasteiger partial charge in [0, 0.05) is 42.6 Å². The van der Waals surface area contributed by atoms with Crippen LogP contribution in [-0.4, -0.2) is 56.4 Å². The molecule has 2 aliphatic heterocycles. The van der Waals surface area contributed by atoms with Crippen molar-refractivity contribution in [3.63, 3.8) is 0 Å². The number of hydrogen-bond acceptors (Lipinski definition) is 8. The number of aromatic nitrogens is 4. The molecule has 10 nitrogen and oxygen atoms in total. The Labute approximate surface area is 284 Å². The van der Waals surface area contributed by atoms with Crippen molar-refractivity contribution in [2.75, 3.05) is 22.9 Å². The first-order valence-corrected chi connectivity index (χ1v) is 17.1. The molecule has 252 valence electrons. The maximum absolute atomic E-state index is 13.2. The fraction of sp³-hybridized carbons (Fsp3) is 0.500. The van der Waals surface area contributed by atoms with Crippen LogP contribution in [0.2, 0.25) is 5.15 Å². The zero-order chi connectivity index (χ0) is 34.1. The van der Waals surface area contributed by atoms with Crippen molar-refractivity contribution in [1.29, 1.82) is 0 Å². The lowest BCUT2D eigenvalue weighted by molar-refractivity contribution is -0.132. The predicted octanol–water partition coefficient (Wildman–Crippen LogP) is 6.42. The Morgan fingerprint density at radius 2 is 1.25 bits per heavy atom. The summed E-state index contributed by atoms with van der Waals surface area (Å²) in [6, 6.07) is 9.48. The highest BCUT2D eigenvalue weighted by molar-refractivity contribution is 6.29. The van der Waals surface area contributed by atoms with E-state index in [4.69, 9.17) is 11.6 Å². The van der Waals surface area contributed by atoms with Crippen LogP contribution in [0.5, 0.6) is 0 Å². The quantitative estimate of drug-likeness (QED) is 0.284. The lowest BCUT2D eigenvalue weighted by Crippen LogP contribution is -2.39. The van der Waals surface area contributed by atoms with Gasteiger partial charge in [0.1, 0.15) is 46.8 Å². The molecule has 0 bridgehead atoms. The molecule has 1 aromatic carbocycles. The summed E-state index contributed by atoms with van der Waals surface area (Å²) in [6.07, 6.45) is 11.0. The van der Waals surface area contributed by atoms with Crippen LogP contribution in [0, 0.1) is 28.5 Å². The minimum atomic E-state index is -0.435. The van der Waals surface area contributed by atoms with Gasteiger partial charge in [-0.15, -0.1) is 0 Å². The summed E-state index contributed by atoms with van der Waals surface area (Å²) in [5.41, 5.74) is 0.608. The van der Waals surface area contributed by atoms with E-state index in [1.807, 2.05) is 0 Å². The van der Waals surface area contributed by atoms with Crippen molar-refractivity contribution >= 4 is 46.6 Å². The Hall–Kier alpha value is -4.12. The molecule has 7 rings (SSSR count). The van der Waals surface area contributed by atoms with Gasteiger partial charge in [-0.1, -0.05) is 24.4 Å². The van der Waals surface area contributed by atoms with E-state index in [1.165, 1.54) is 24.8 Å². The maximum atomic E-state index is 13.2. The maximum Gasteiger partial charge on any atom is 0.234 e. The van der Waals surface area contributed by atoms with E-state index in [0.717, 1.165) is 56.9 Å². The molecule has 0 unspecified atom stereocenters. The molecular formula is C36H40ClFN6O4. The normalized spacial score (nSPS) is 26.9. The molecular weight excluding hydrogens is 635 g/mol. The second-order valence-electron chi connectivity index (χ2n) is 13.7. The minimum Gasteiger partial charge on any atom is -0.300 e. The number of amides is 2. The SMILES string of the molecule is CC(=O)[C@@H]1CCC[C@]2(CCN(c3cc(-c4ccc(F)cc4)ncn3)C2=O)C1.CC(=O)[C@@H]1CCC[C@]2(CCN(c3cc(Cl)ncn3)C2=O)C1. The van der Waals surface area contributed by atoms with Crippen molar-refractivity contribution in [3.8, 4) is 11.3 Å². The summed E-state index contributed by atoms with van der Waals surface area (Å²) in [6.45, 7) is 4.49. The van der Waals surface area contributed by atoms with E-state index in [9.17, 15) is 23.6 Å². The first-order valence-electron chi connectivity index (χ1n) is 16.7. The molecule has 2 aromatic heterocycles. The van der Waals surface area contributed by atoms with Crippen LogP contribution in [0.4, 0.5) is 16.0 Å². The molecule has 3 aromatic rings. The fourth-order valence-electron chi connectivity index (χ4n) is 8.09. The van der Waals surface area contributed by atoms with Crippen molar-refractivity contribution in [2.24, 2.45) is 22.7 Å². The number of carbonyl (C=O) groups excluding carboxylic acids is 4. The number of carbonyl (C=O) groups is 4. The molecule has 0 radical (unpaired) electrons. The molecule has 48 heavy (non-hydrogen) atoms. The van der Waals surface area contributed by atoms with Gasteiger partial charge in [0.2, 0.25) is 11.8 Å². The summed E-state index contributed by atoms with van der Waals surface area (Å²) in [5.74, 6) is 1.37. The second-order valence-corrected chi connectivity index (χ2v) is 14.1. The molecule has 2 amide bonds. The highest BCUT2D eigenvalue weighted by atomic mass is 35.5. The fourth-order valence-corrected chi connectivity index (χ4v) is 8.23. The molecule has 2 saturated heterocycles. The molecule has 4 aliphatic rings. The molecule has 2 spiro atoms. The van der Waals surface area contributed by atoms with Gasteiger partial charge in [-0.2, -0.15) is 0 Å². The third-order valence-electron chi connectivity index (χ3n) is 10.8. The van der Waals surface area contributed by atoms with Gasteiger partial charge in [-0.3, -0.25) is 29.0 Å². The number of ketones is 2. The number of rotatable bonds is 5. The standard InChI is InChI=1S/C21H22FN3O2.C15H18ClN3O2/c1-14(26)16-3-2-8-21(12-16)9-10-25(20(21)27)19-11-18(23-13-24-19)15-4-6-17(22)7-5-15;1-10(20)11-3-2-4-15(8-11)5-6-19(14(15)21)13-7-12(16)17-9-18-13/h4-7,11,13,16H,2-3,8-10,12H2,1H3;7,9,11H,2-6,8H2,1H3/t16-,21+;11-,15+/m11/s1. The van der Waals surface area contributed by atoms with Gasteiger partial charge in [-0.25, -0.2) is 24.3 Å². The Morgan fingerprint density at radius 3 is 1.75 bits per heavy atom. The second kappa shape index (κ2) is 13.8. The first kappa shape index (κ1) is 33.8. The zero-order valence-electron chi connectivity index (χ0n) is 27.3. The molecule has 4 atom stereocenters. The summed E-state index contributed by atoms with van der Waals surface area (Å²) in [5, 5.41) is 0.332. The van der Waals surface area contributed by atoms with Gasteiger partial charge in [-0.05, 0) is 89.5 Å². The Kier molecular flexibility index (Phi) is 9.69. The van der Waals surface area contributed by atoms with E-state index in [2.05, 4.69) is 19.9 Å². The molecule has 0 N–H and O–H groups in total. The van der Waals surface area contributed by atoms with E-state index < -0.39 is 5.41 Å². The smallest absolute Gasteiger partial charge is 0.234 e. The van der Waals surface area contributed by atoms with E-state index >= 15 is 0 Å². The van der Waals surface area contributed by atoms with Crippen LogP contribution in [0.15, 0.2) is 49.1 Å². The topological polar surface area (TPSA) is 126 Å². The van der Waals surface area contributed by atoms with Gasteiger partial charge in [0.05, 0.1) is 16.5 Å². The monoisotopic (exact) mass is 674 g/mol. The van der Waals surface area contributed by atoms with Gasteiger partial charge < -0.3 is 0 Å². The summed E-state index contributed by atoms with van der Waals surface area (Å²) in [7, 11) is 0. The Morgan fingerprint density at radius 1 is 0.750 bits per heavy atom. The Balaban J connectivity index is 0.000000173.